The highest BCUT2D eigenvalue weighted by molar-refractivity contribution is 5.96. The molecule has 0 radical (unpaired) electrons. The van der Waals surface area contributed by atoms with Crippen molar-refractivity contribution in [2.75, 3.05) is 13.2 Å². The molecular formula is C24H23FN2O7. The molecule has 178 valence electrons. The van der Waals surface area contributed by atoms with Gasteiger partial charge in [0, 0.05) is 13.0 Å². The lowest BCUT2D eigenvalue weighted by Gasteiger charge is -2.36. The van der Waals surface area contributed by atoms with Crippen molar-refractivity contribution in [1.29, 1.82) is 0 Å². The second-order valence-electron chi connectivity index (χ2n) is 8.13. The van der Waals surface area contributed by atoms with E-state index in [2.05, 4.69) is 5.32 Å². The lowest BCUT2D eigenvalue weighted by atomic mass is 9.97. The quantitative estimate of drug-likeness (QED) is 0.646. The van der Waals surface area contributed by atoms with E-state index < -0.39 is 54.6 Å². The van der Waals surface area contributed by atoms with Gasteiger partial charge in [0.05, 0.1) is 11.1 Å². The number of ether oxygens (including phenoxy) is 3. The number of urea groups is 1. The highest BCUT2D eigenvalue weighted by Crippen LogP contribution is 2.39. The van der Waals surface area contributed by atoms with Crippen molar-refractivity contribution in [1.82, 2.24) is 10.2 Å². The molecule has 2 fully saturated rings. The van der Waals surface area contributed by atoms with Gasteiger partial charge < -0.3 is 14.2 Å². The molecule has 2 saturated heterocycles. The van der Waals surface area contributed by atoms with Crippen molar-refractivity contribution >= 4 is 23.9 Å². The van der Waals surface area contributed by atoms with Gasteiger partial charge in [-0.25, -0.2) is 18.8 Å². The summed E-state index contributed by atoms with van der Waals surface area (Å²) in [4.78, 5) is 50.0. The van der Waals surface area contributed by atoms with E-state index in [1.165, 1.54) is 12.1 Å². The molecule has 0 saturated carbocycles. The number of hydrogen-bond donors (Lipinski definition) is 1. The molecule has 2 aliphatic heterocycles. The third kappa shape index (κ3) is 4.76. The molecule has 4 atom stereocenters. The predicted octanol–water partition coefficient (Wildman–Crippen LogP) is 2.46. The Labute approximate surface area is 194 Å². The molecule has 2 aromatic rings. The maximum Gasteiger partial charge on any atom is 0.338 e. The summed E-state index contributed by atoms with van der Waals surface area (Å²) >= 11 is 0. The first-order valence-electron chi connectivity index (χ1n) is 10.7. The van der Waals surface area contributed by atoms with Crippen LogP contribution in [0.2, 0.25) is 0 Å². The lowest BCUT2D eigenvalue weighted by Crippen LogP contribution is -2.59. The Morgan fingerprint density at radius 1 is 1.06 bits per heavy atom. The molecular weight excluding hydrogens is 447 g/mol. The number of amides is 3. The van der Waals surface area contributed by atoms with Crippen molar-refractivity contribution in [3.05, 3.63) is 71.8 Å². The minimum atomic E-state index is -2.37. The number of nitrogens with zero attached hydrogens (tertiary/aromatic N) is 1. The van der Waals surface area contributed by atoms with Gasteiger partial charge in [0.25, 0.3) is 0 Å². The van der Waals surface area contributed by atoms with Crippen molar-refractivity contribution in [3.8, 4) is 0 Å². The highest BCUT2D eigenvalue weighted by Gasteiger charge is 2.60. The summed E-state index contributed by atoms with van der Waals surface area (Å²) in [6.07, 6.45) is -4.22. The van der Waals surface area contributed by atoms with Crippen LogP contribution in [0.15, 0.2) is 60.7 Å². The number of hydrogen-bond acceptors (Lipinski definition) is 7. The third-order valence-electron chi connectivity index (χ3n) is 5.68. The van der Waals surface area contributed by atoms with E-state index in [4.69, 9.17) is 14.2 Å². The van der Waals surface area contributed by atoms with Crippen LogP contribution in [0.5, 0.6) is 0 Å². The molecule has 2 aliphatic rings. The fourth-order valence-corrected chi connectivity index (χ4v) is 3.94. The molecule has 2 heterocycles. The number of carbonyl (C=O) groups excluding carboxylic acids is 4. The average molecular weight is 470 g/mol. The molecule has 1 N–H and O–H groups in total. The molecule has 0 bridgehead atoms. The summed E-state index contributed by atoms with van der Waals surface area (Å²) in [6.45, 7) is 0.638. The molecule has 0 unspecified atom stereocenters. The highest BCUT2D eigenvalue weighted by atomic mass is 19.1. The van der Waals surface area contributed by atoms with Crippen molar-refractivity contribution in [2.45, 2.75) is 37.4 Å². The number of halogens is 1. The van der Waals surface area contributed by atoms with Crippen LogP contribution in [-0.4, -0.2) is 66.0 Å². The minimum Gasteiger partial charge on any atom is -0.459 e. The van der Waals surface area contributed by atoms with Crippen LogP contribution in [0.3, 0.4) is 0 Å². The summed E-state index contributed by atoms with van der Waals surface area (Å²) in [5.74, 6) is -1.95. The molecule has 0 aliphatic carbocycles. The van der Waals surface area contributed by atoms with E-state index in [1.807, 2.05) is 0 Å². The third-order valence-corrected chi connectivity index (χ3v) is 5.68. The minimum absolute atomic E-state index is 0.0379. The average Bonchev–Trinajstić information content (AvgIpc) is 3.08. The molecule has 2 aromatic carbocycles. The molecule has 34 heavy (non-hydrogen) atoms. The summed E-state index contributed by atoms with van der Waals surface area (Å²) in [5.41, 5.74) is -1.89. The van der Waals surface area contributed by atoms with Crippen LogP contribution in [0.1, 0.15) is 34.1 Å². The Balaban J connectivity index is 1.55. The topological polar surface area (TPSA) is 111 Å². The summed E-state index contributed by atoms with van der Waals surface area (Å²) < 4.78 is 32.7. The number of nitrogens with one attached hydrogen (secondary N) is 1. The Hall–Kier alpha value is -3.79. The number of imide groups is 1. The van der Waals surface area contributed by atoms with E-state index >= 15 is 4.39 Å². The number of carbonyl (C=O) groups is 4. The first-order valence-corrected chi connectivity index (χ1v) is 10.7. The van der Waals surface area contributed by atoms with E-state index in [0.29, 0.717) is 0 Å². The molecule has 4 rings (SSSR count). The van der Waals surface area contributed by atoms with E-state index in [9.17, 15) is 19.2 Å². The van der Waals surface area contributed by atoms with Gasteiger partial charge in [-0.15, -0.1) is 0 Å². The van der Waals surface area contributed by atoms with Crippen LogP contribution in [0, 0.1) is 0 Å². The predicted molar refractivity (Wildman–Crippen MR) is 115 cm³/mol. The zero-order valence-electron chi connectivity index (χ0n) is 18.3. The van der Waals surface area contributed by atoms with Gasteiger partial charge in [-0.2, -0.15) is 0 Å². The molecule has 0 aromatic heterocycles. The second-order valence-corrected chi connectivity index (χ2v) is 8.13. The standard InChI is InChI=1S/C24H23FN2O7/c1-24(25)19(34-21(30)16-10-6-3-7-11-16)17(14-32-20(29)15-8-4-2-5-9-15)33-22(24)27-13-12-18(28)26-23(27)31/h2-11,17,19,22H,12-14H2,1H3,(H,26,28,31)/t17-,19-,22-,24-/m0/s1. The van der Waals surface area contributed by atoms with Crippen LogP contribution >= 0.6 is 0 Å². The normalized spacial score (nSPS) is 26.6. The fourth-order valence-electron chi connectivity index (χ4n) is 3.94. The Morgan fingerprint density at radius 3 is 2.24 bits per heavy atom. The van der Waals surface area contributed by atoms with Crippen LogP contribution < -0.4 is 5.32 Å². The second kappa shape index (κ2) is 9.60. The number of benzene rings is 2. The summed E-state index contributed by atoms with van der Waals surface area (Å²) in [6, 6.07) is 15.4. The van der Waals surface area contributed by atoms with Gasteiger partial charge in [0.15, 0.2) is 18.0 Å². The van der Waals surface area contributed by atoms with Crippen LogP contribution in [-0.2, 0) is 19.0 Å². The largest absolute Gasteiger partial charge is 0.459 e. The van der Waals surface area contributed by atoms with Crippen LogP contribution in [0.4, 0.5) is 9.18 Å². The van der Waals surface area contributed by atoms with E-state index in [0.717, 1.165) is 11.8 Å². The monoisotopic (exact) mass is 470 g/mol. The maximum atomic E-state index is 16.1. The Bertz CT molecular complexity index is 1080. The first kappa shape index (κ1) is 23.4. The van der Waals surface area contributed by atoms with Crippen molar-refractivity contribution in [2.24, 2.45) is 0 Å². The maximum absolute atomic E-state index is 16.1. The van der Waals surface area contributed by atoms with Crippen molar-refractivity contribution < 1.29 is 37.8 Å². The molecule has 10 heteroatoms. The Morgan fingerprint density at radius 2 is 1.65 bits per heavy atom. The molecule has 3 amide bonds. The summed E-state index contributed by atoms with van der Waals surface area (Å²) in [5, 5.41) is 2.12. The molecule has 0 spiro atoms. The van der Waals surface area contributed by atoms with Gasteiger partial charge in [0.1, 0.15) is 12.7 Å². The van der Waals surface area contributed by atoms with Gasteiger partial charge in [-0.05, 0) is 31.2 Å². The van der Waals surface area contributed by atoms with Gasteiger partial charge in [0.2, 0.25) is 5.91 Å². The van der Waals surface area contributed by atoms with Gasteiger partial charge >= 0.3 is 18.0 Å². The Kier molecular flexibility index (Phi) is 6.60. The van der Waals surface area contributed by atoms with E-state index in [1.54, 1.807) is 48.5 Å². The van der Waals surface area contributed by atoms with Gasteiger partial charge in [-0.3, -0.25) is 15.0 Å². The fraction of sp³-hybridized carbons (Fsp3) is 0.333. The SMILES string of the molecule is C[C@@]1(F)[C@@H](N2CCC(=O)NC2=O)O[C@@H](COC(=O)c2ccccc2)[C@@H]1OC(=O)c1ccccc1. The number of rotatable bonds is 6. The van der Waals surface area contributed by atoms with Crippen molar-refractivity contribution in [3.63, 3.8) is 0 Å². The van der Waals surface area contributed by atoms with E-state index in [-0.39, 0.29) is 24.1 Å². The zero-order valence-corrected chi connectivity index (χ0v) is 18.3. The van der Waals surface area contributed by atoms with Crippen LogP contribution in [0.25, 0.3) is 0 Å². The first-order chi connectivity index (χ1) is 16.3. The smallest absolute Gasteiger partial charge is 0.338 e. The molecule has 9 nitrogen and oxygen atoms in total. The zero-order chi connectivity index (χ0) is 24.3. The number of esters is 2. The lowest BCUT2D eigenvalue weighted by molar-refractivity contribution is -0.126. The summed E-state index contributed by atoms with van der Waals surface area (Å²) in [7, 11) is 0. The van der Waals surface area contributed by atoms with Gasteiger partial charge in [-0.1, -0.05) is 36.4 Å². The number of alkyl halides is 1.